The lowest BCUT2D eigenvalue weighted by Crippen LogP contribution is -2.04. The van der Waals surface area contributed by atoms with Gasteiger partial charge in [-0.2, -0.15) is 5.10 Å². The second kappa shape index (κ2) is 15.0. The summed E-state index contributed by atoms with van der Waals surface area (Å²) in [4.78, 5) is 4.81. The van der Waals surface area contributed by atoms with Gasteiger partial charge in [0.2, 0.25) is 0 Å². The van der Waals surface area contributed by atoms with E-state index in [1.165, 1.54) is 69.8 Å². The van der Waals surface area contributed by atoms with Crippen molar-refractivity contribution in [1.29, 1.82) is 0 Å². The average molecular weight is 675 g/mol. The third kappa shape index (κ3) is 6.95. The van der Waals surface area contributed by atoms with E-state index in [4.69, 9.17) is 14.8 Å². The highest BCUT2D eigenvalue weighted by Crippen LogP contribution is 2.40. The van der Waals surface area contributed by atoms with Crippen LogP contribution < -0.4 is 4.74 Å². The van der Waals surface area contributed by atoms with E-state index in [9.17, 15) is 0 Å². The molecule has 0 aliphatic heterocycles. The summed E-state index contributed by atoms with van der Waals surface area (Å²) in [5, 5.41) is 7.28. The Morgan fingerprint density at radius 1 is 0.706 bits per heavy atom. The summed E-state index contributed by atoms with van der Waals surface area (Å²) in [6.45, 7) is 13.8. The highest BCUT2D eigenvalue weighted by atomic mass is 16.5. The molecule has 5 heteroatoms. The first kappa shape index (κ1) is 34.3. The van der Waals surface area contributed by atoms with Crippen molar-refractivity contribution in [3.63, 3.8) is 0 Å². The first-order chi connectivity index (χ1) is 24.9. The van der Waals surface area contributed by atoms with Crippen molar-refractivity contribution >= 4 is 21.8 Å². The van der Waals surface area contributed by atoms with Gasteiger partial charge in [0, 0.05) is 40.9 Å². The number of fused-ring (bicyclic) bond motifs is 3. The van der Waals surface area contributed by atoms with Gasteiger partial charge < -0.3 is 4.74 Å². The van der Waals surface area contributed by atoms with Gasteiger partial charge in [0.05, 0.1) is 22.9 Å². The molecule has 0 radical (unpaired) electrons. The molecule has 2 unspecified atom stereocenters. The zero-order valence-corrected chi connectivity index (χ0v) is 31.0. The fraction of sp³-hybridized carbons (Fsp3) is 0.304. The Morgan fingerprint density at radius 3 is 2.18 bits per heavy atom. The molecule has 0 bridgehead atoms. The van der Waals surface area contributed by atoms with Gasteiger partial charge in [-0.1, -0.05) is 95.8 Å². The Hall–Kier alpha value is -5.16. The number of ether oxygens (including phenoxy) is 1. The molecule has 0 saturated carbocycles. The number of aryl methyl sites for hydroxylation is 2. The Balaban J connectivity index is 1.24. The largest absolute Gasteiger partial charge is 0.457 e. The first-order valence-corrected chi connectivity index (χ1v) is 18.8. The Labute approximate surface area is 302 Å². The predicted octanol–water partition coefficient (Wildman–Crippen LogP) is 12.9. The van der Waals surface area contributed by atoms with Crippen molar-refractivity contribution in [2.75, 3.05) is 0 Å². The molecule has 0 fully saturated rings. The van der Waals surface area contributed by atoms with Gasteiger partial charge >= 0.3 is 0 Å². The van der Waals surface area contributed by atoms with Crippen molar-refractivity contribution in [2.24, 2.45) is 0 Å². The molecule has 2 atom stereocenters. The van der Waals surface area contributed by atoms with Crippen LogP contribution in [0.25, 0.3) is 44.4 Å². The molecule has 7 rings (SSSR count). The molecule has 0 amide bonds. The SMILES string of the molecule is CCCc1ccnc(-n2c3ccccc3c3ccc(Oc4cccc(-n5cc(-c6c(C(C)CCC)cc(C)cc6C(C)CCC)cn5)c4)cc32)c1. The Morgan fingerprint density at radius 2 is 1.43 bits per heavy atom. The molecule has 0 saturated heterocycles. The second-order valence-corrected chi connectivity index (χ2v) is 14.3. The van der Waals surface area contributed by atoms with Crippen LogP contribution >= 0.6 is 0 Å². The fourth-order valence-corrected chi connectivity index (χ4v) is 7.84. The van der Waals surface area contributed by atoms with E-state index in [0.717, 1.165) is 46.9 Å². The molecule has 51 heavy (non-hydrogen) atoms. The lowest BCUT2D eigenvalue weighted by molar-refractivity contribution is 0.483. The normalized spacial score (nSPS) is 12.8. The lowest BCUT2D eigenvalue weighted by atomic mass is 9.81. The van der Waals surface area contributed by atoms with Gasteiger partial charge in [0.25, 0.3) is 0 Å². The number of pyridine rings is 1. The van der Waals surface area contributed by atoms with Gasteiger partial charge in [0.15, 0.2) is 0 Å². The van der Waals surface area contributed by atoms with Gasteiger partial charge in [0.1, 0.15) is 17.3 Å². The summed E-state index contributed by atoms with van der Waals surface area (Å²) in [5.41, 5.74) is 11.2. The Kier molecular flexibility index (Phi) is 10.1. The maximum atomic E-state index is 6.58. The molecule has 5 nitrogen and oxygen atoms in total. The third-order valence-corrected chi connectivity index (χ3v) is 10.3. The molecule has 0 aliphatic carbocycles. The van der Waals surface area contributed by atoms with Crippen LogP contribution in [-0.2, 0) is 6.42 Å². The number of benzene rings is 4. The van der Waals surface area contributed by atoms with E-state index in [2.05, 4.69) is 131 Å². The van der Waals surface area contributed by atoms with Crippen molar-refractivity contribution in [2.45, 2.75) is 91.9 Å². The van der Waals surface area contributed by atoms with Crippen molar-refractivity contribution in [1.82, 2.24) is 19.3 Å². The number of nitrogens with zero attached hydrogens (tertiary/aromatic N) is 4. The number of hydrogen-bond acceptors (Lipinski definition) is 3. The topological polar surface area (TPSA) is 44.9 Å². The molecule has 3 heterocycles. The highest BCUT2D eigenvalue weighted by molar-refractivity contribution is 6.09. The van der Waals surface area contributed by atoms with Gasteiger partial charge in [-0.25, -0.2) is 9.67 Å². The summed E-state index contributed by atoms with van der Waals surface area (Å²) in [5.74, 6) is 3.42. The minimum Gasteiger partial charge on any atom is -0.457 e. The first-order valence-electron chi connectivity index (χ1n) is 18.8. The molecule has 7 aromatic rings. The lowest BCUT2D eigenvalue weighted by Gasteiger charge is -2.23. The quantitative estimate of drug-likeness (QED) is 0.122. The summed E-state index contributed by atoms with van der Waals surface area (Å²) in [6, 6.07) is 32.3. The number of hydrogen-bond donors (Lipinski definition) is 0. The number of aromatic nitrogens is 4. The van der Waals surface area contributed by atoms with Crippen molar-refractivity contribution in [3.05, 3.63) is 132 Å². The van der Waals surface area contributed by atoms with Crippen molar-refractivity contribution < 1.29 is 4.74 Å². The van der Waals surface area contributed by atoms with Gasteiger partial charge in [-0.3, -0.25) is 4.57 Å². The van der Waals surface area contributed by atoms with E-state index in [1.54, 1.807) is 0 Å². The number of para-hydroxylation sites is 1. The monoisotopic (exact) mass is 674 g/mol. The second-order valence-electron chi connectivity index (χ2n) is 14.3. The van der Waals surface area contributed by atoms with Crippen LogP contribution in [0.3, 0.4) is 0 Å². The van der Waals surface area contributed by atoms with Crippen LogP contribution in [-0.4, -0.2) is 19.3 Å². The predicted molar refractivity (Wildman–Crippen MR) is 213 cm³/mol. The average Bonchev–Trinajstić information content (AvgIpc) is 3.75. The standard InChI is InChI=1S/C46H50N4O/c1-7-13-32(5)41-24-31(4)25-42(33(6)14-8-2)46(41)35-29-48-49(30-35)36-16-12-17-37(27-36)51-38-20-21-40-39-18-10-11-19-43(39)50(44(40)28-38)45-26-34(15-9-3)22-23-47-45/h10-12,16-30,32-33H,7-9,13-15H2,1-6H3. The maximum absolute atomic E-state index is 6.58. The summed E-state index contributed by atoms with van der Waals surface area (Å²) in [7, 11) is 0. The molecule has 260 valence electrons. The molecule has 4 aromatic carbocycles. The van der Waals surface area contributed by atoms with E-state index < -0.39 is 0 Å². The molecule has 3 aromatic heterocycles. The van der Waals surface area contributed by atoms with Crippen LogP contribution in [0.1, 0.15) is 101 Å². The van der Waals surface area contributed by atoms with Gasteiger partial charge in [-0.05, 0) is 103 Å². The molecule has 0 spiro atoms. The molecular formula is C46H50N4O. The maximum Gasteiger partial charge on any atom is 0.137 e. The van der Waals surface area contributed by atoms with E-state index in [1.807, 2.05) is 29.2 Å². The highest BCUT2D eigenvalue weighted by Gasteiger charge is 2.21. The van der Waals surface area contributed by atoms with E-state index in [-0.39, 0.29) is 0 Å². The van der Waals surface area contributed by atoms with E-state index >= 15 is 0 Å². The van der Waals surface area contributed by atoms with Crippen LogP contribution in [0.5, 0.6) is 11.5 Å². The molecular weight excluding hydrogens is 625 g/mol. The number of rotatable bonds is 13. The van der Waals surface area contributed by atoms with Crippen LogP contribution in [0.4, 0.5) is 0 Å². The Bertz CT molecular complexity index is 2260. The summed E-state index contributed by atoms with van der Waals surface area (Å²) < 4.78 is 10.8. The van der Waals surface area contributed by atoms with Crippen LogP contribution in [0.2, 0.25) is 0 Å². The molecule has 0 aliphatic rings. The minimum absolute atomic E-state index is 0.477. The van der Waals surface area contributed by atoms with Crippen molar-refractivity contribution in [3.8, 4) is 34.1 Å². The third-order valence-electron chi connectivity index (χ3n) is 10.3. The van der Waals surface area contributed by atoms with Crippen LogP contribution in [0.15, 0.2) is 110 Å². The minimum atomic E-state index is 0.477. The summed E-state index contributed by atoms with van der Waals surface area (Å²) in [6.07, 6.45) is 12.9. The van der Waals surface area contributed by atoms with Crippen LogP contribution in [0, 0.1) is 6.92 Å². The fourth-order valence-electron chi connectivity index (χ4n) is 7.84. The smallest absolute Gasteiger partial charge is 0.137 e. The van der Waals surface area contributed by atoms with E-state index in [0.29, 0.717) is 11.8 Å². The molecule has 0 N–H and O–H groups in total. The zero-order chi connectivity index (χ0) is 35.5. The van der Waals surface area contributed by atoms with Gasteiger partial charge in [-0.15, -0.1) is 0 Å². The summed E-state index contributed by atoms with van der Waals surface area (Å²) >= 11 is 0. The zero-order valence-electron chi connectivity index (χ0n) is 31.0.